The number of benzene rings is 3. The van der Waals surface area contributed by atoms with E-state index in [1.165, 1.54) is 23.3 Å². The number of carbonyl (C=O) groups excluding carboxylic acids is 1. The first-order chi connectivity index (χ1) is 16.6. The van der Waals surface area contributed by atoms with Crippen molar-refractivity contribution in [3.8, 4) is 0 Å². The topological polar surface area (TPSA) is 69.6 Å². The van der Waals surface area contributed by atoms with Crippen LogP contribution in [0.4, 0.5) is 16.2 Å². The number of anilines is 2. The molecule has 1 aliphatic carbocycles. The van der Waals surface area contributed by atoms with Crippen LogP contribution in [0.2, 0.25) is 0 Å². The predicted molar refractivity (Wildman–Crippen MR) is 142 cm³/mol. The highest BCUT2D eigenvalue weighted by molar-refractivity contribution is 6.02. The first-order valence-corrected chi connectivity index (χ1v) is 12.2. The molecule has 2 amide bonds. The Morgan fingerprint density at radius 1 is 0.857 bits per heavy atom. The summed E-state index contributed by atoms with van der Waals surface area (Å²) in [5.74, 6) is -0.994. The SMILES string of the molecule is CC1(C)CCC(C)(C)c2cc(N(CCc3ccccc3)C(=O)Nc3ccc(C(=O)O)cc3)ccc21. The third-order valence-electron chi connectivity index (χ3n) is 7.24. The summed E-state index contributed by atoms with van der Waals surface area (Å²) in [5.41, 5.74) is 5.56. The summed E-state index contributed by atoms with van der Waals surface area (Å²) >= 11 is 0. The van der Waals surface area contributed by atoms with Gasteiger partial charge in [0.15, 0.2) is 0 Å². The molecule has 0 aromatic heterocycles. The van der Waals surface area contributed by atoms with E-state index in [4.69, 9.17) is 5.11 Å². The summed E-state index contributed by atoms with van der Waals surface area (Å²) < 4.78 is 0. The Morgan fingerprint density at radius 3 is 2.11 bits per heavy atom. The molecule has 0 unspecified atom stereocenters. The average molecular weight is 471 g/mol. The van der Waals surface area contributed by atoms with E-state index in [-0.39, 0.29) is 22.4 Å². The number of hydrogen-bond donors (Lipinski definition) is 2. The number of carboxylic acids is 1. The Kier molecular flexibility index (Phi) is 6.70. The zero-order valence-corrected chi connectivity index (χ0v) is 21.0. The lowest BCUT2D eigenvalue weighted by Crippen LogP contribution is -2.38. The number of amides is 2. The van der Waals surface area contributed by atoms with Gasteiger partial charge in [0, 0.05) is 17.9 Å². The maximum Gasteiger partial charge on any atom is 0.335 e. The molecule has 0 fully saturated rings. The fourth-order valence-electron chi connectivity index (χ4n) is 4.87. The summed E-state index contributed by atoms with van der Waals surface area (Å²) in [4.78, 5) is 26.5. The van der Waals surface area contributed by atoms with E-state index in [9.17, 15) is 9.59 Å². The molecule has 35 heavy (non-hydrogen) atoms. The highest BCUT2D eigenvalue weighted by Crippen LogP contribution is 2.46. The van der Waals surface area contributed by atoms with Crippen LogP contribution in [0, 0.1) is 0 Å². The minimum atomic E-state index is -0.994. The van der Waals surface area contributed by atoms with Crippen LogP contribution in [0.15, 0.2) is 72.8 Å². The van der Waals surface area contributed by atoms with Crippen LogP contribution in [0.5, 0.6) is 0 Å². The first-order valence-electron chi connectivity index (χ1n) is 12.2. The lowest BCUT2D eigenvalue weighted by Gasteiger charge is -2.42. The van der Waals surface area contributed by atoms with Crippen molar-refractivity contribution >= 4 is 23.4 Å². The number of nitrogens with zero attached hydrogens (tertiary/aromatic N) is 1. The van der Waals surface area contributed by atoms with E-state index < -0.39 is 5.97 Å². The van der Waals surface area contributed by atoms with Crippen molar-refractivity contribution in [1.29, 1.82) is 0 Å². The standard InChI is InChI=1S/C30H34N2O3/c1-29(2)17-18-30(3,4)26-20-24(14-15-25(26)29)32(19-16-21-8-6-5-7-9-21)28(35)31-23-12-10-22(11-13-23)27(33)34/h5-15,20H,16-19H2,1-4H3,(H,31,35)(H,33,34). The molecule has 4 rings (SSSR count). The van der Waals surface area contributed by atoms with Gasteiger partial charge in [0.2, 0.25) is 0 Å². The summed E-state index contributed by atoms with van der Waals surface area (Å²) in [7, 11) is 0. The molecule has 0 saturated carbocycles. The van der Waals surface area contributed by atoms with Crippen molar-refractivity contribution < 1.29 is 14.7 Å². The number of fused-ring (bicyclic) bond motifs is 1. The Bertz CT molecular complexity index is 1210. The smallest absolute Gasteiger partial charge is 0.335 e. The van der Waals surface area contributed by atoms with Gasteiger partial charge in [-0.25, -0.2) is 9.59 Å². The fourth-order valence-corrected chi connectivity index (χ4v) is 4.87. The van der Waals surface area contributed by atoms with Gasteiger partial charge in [-0.1, -0.05) is 64.1 Å². The minimum Gasteiger partial charge on any atom is -0.478 e. The molecule has 2 N–H and O–H groups in total. The third kappa shape index (κ3) is 5.40. The normalized spacial score (nSPS) is 15.7. The summed E-state index contributed by atoms with van der Waals surface area (Å²) in [6, 6.07) is 22.6. The molecule has 5 nitrogen and oxygen atoms in total. The molecule has 3 aromatic carbocycles. The number of hydrogen-bond acceptors (Lipinski definition) is 2. The maximum absolute atomic E-state index is 13.5. The zero-order chi connectivity index (χ0) is 25.2. The number of aromatic carboxylic acids is 1. The highest BCUT2D eigenvalue weighted by Gasteiger charge is 2.37. The lowest BCUT2D eigenvalue weighted by atomic mass is 9.63. The molecule has 0 spiro atoms. The maximum atomic E-state index is 13.5. The summed E-state index contributed by atoms with van der Waals surface area (Å²) in [5, 5.41) is 12.1. The molecular formula is C30H34N2O3. The number of rotatable bonds is 6. The van der Waals surface area contributed by atoms with Gasteiger partial charge in [0.25, 0.3) is 0 Å². The molecule has 5 heteroatoms. The van der Waals surface area contributed by atoms with Crippen LogP contribution in [-0.2, 0) is 17.3 Å². The van der Waals surface area contributed by atoms with Gasteiger partial charge in [-0.05, 0) is 83.2 Å². The monoisotopic (exact) mass is 470 g/mol. The van der Waals surface area contributed by atoms with Crippen LogP contribution < -0.4 is 10.2 Å². The number of carboxylic acid groups (broad SMARTS) is 1. The second-order valence-corrected chi connectivity index (χ2v) is 10.7. The molecule has 0 aliphatic heterocycles. The second kappa shape index (κ2) is 9.57. The molecule has 0 saturated heterocycles. The first kappa shape index (κ1) is 24.5. The van der Waals surface area contributed by atoms with Gasteiger partial charge in [0.1, 0.15) is 0 Å². The third-order valence-corrected chi connectivity index (χ3v) is 7.24. The van der Waals surface area contributed by atoms with Crippen molar-refractivity contribution in [3.05, 3.63) is 95.1 Å². The van der Waals surface area contributed by atoms with Crippen molar-refractivity contribution in [2.24, 2.45) is 0 Å². The van der Waals surface area contributed by atoms with E-state index in [1.807, 2.05) is 18.2 Å². The van der Waals surface area contributed by atoms with Crippen molar-refractivity contribution in [1.82, 2.24) is 0 Å². The van der Waals surface area contributed by atoms with Gasteiger partial charge >= 0.3 is 12.0 Å². The molecule has 0 heterocycles. The quantitative estimate of drug-likeness (QED) is 0.407. The molecule has 182 valence electrons. The minimum absolute atomic E-state index is 0.0368. The number of nitrogens with one attached hydrogen (secondary N) is 1. The van der Waals surface area contributed by atoms with E-state index in [1.54, 1.807) is 17.0 Å². The van der Waals surface area contributed by atoms with E-state index in [0.717, 1.165) is 30.5 Å². The molecule has 0 radical (unpaired) electrons. The largest absolute Gasteiger partial charge is 0.478 e. The molecular weight excluding hydrogens is 436 g/mol. The predicted octanol–water partition coefficient (Wildman–Crippen LogP) is 7.02. The Hall–Kier alpha value is -3.60. The molecule has 3 aromatic rings. The van der Waals surface area contributed by atoms with E-state index in [2.05, 4.69) is 63.3 Å². The van der Waals surface area contributed by atoms with Crippen LogP contribution in [0.3, 0.4) is 0 Å². The van der Waals surface area contributed by atoms with E-state index in [0.29, 0.717) is 12.2 Å². The second-order valence-electron chi connectivity index (χ2n) is 10.7. The summed E-state index contributed by atoms with van der Waals surface area (Å²) in [6.45, 7) is 9.67. The molecule has 0 atom stereocenters. The van der Waals surface area contributed by atoms with Gasteiger partial charge < -0.3 is 10.4 Å². The lowest BCUT2D eigenvalue weighted by molar-refractivity contribution is 0.0697. The Balaban J connectivity index is 1.66. The summed E-state index contributed by atoms with van der Waals surface area (Å²) in [6.07, 6.45) is 2.96. The van der Waals surface area contributed by atoms with Gasteiger partial charge in [0.05, 0.1) is 5.56 Å². The average Bonchev–Trinajstić information content (AvgIpc) is 2.83. The fraction of sp³-hybridized carbons (Fsp3) is 0.333. The van der Waals surface area contributed by atoms with Crippen molar-refractivity contribution in [2.75, 3.05) is 16.8 Å². The van der Waals surface area contributed by atoms with Crippen molar-refractivity contribution in [2.45, 2.75) is 57.8 Å². The number of urea groups is 1. The molecule has 0 bridgehead atoms. The van der Waals surface area contributed by atoms with Gasteiger partial charge in [-0.3, -0.25) is 4.90 Å². The van der Waals surface area contributed by atoms with Crippen molar-refractivity contribution in [3.63, 3.8) is 0 Å². The van der Waals surface area contributed by atoms with Gasteiger partial charge in [-0.2, -0.15) is 0 Å². The van der Waals surface area contributed by atoms with Crippen LogP contribution in [0.1, 0.15) is 67.6 Å². The van der Waals surface area contributed by atoms with Crippen LogP contribution in [-0.4, -0.2) is 23.7 Å². The van der Waals surface area contributed by atoms with Crippen LogP contribution >= 0.6 is 0 Å². The molecule has 1 aliphatic rings. The zero-order valence-electron chi connectivity index (χ0n) is 21.0. The number of carbonyl (C=O) groups is 2. The highest BCUT2D eigenvalue weighted by atomic mass is 16.4. The van der Waals surface area contributed by atoms with Crippen LogP contribution in [0.25, 0.3) is 0 Å². The Labute approximate surface area is 207 Å². The van der Waals surface area contributed by atoms with E-state index >= 15 is 0 Å². The Morgan fingerprint density at radius 2 is 1.49 bits per heavy atom. The van der Waals surface area contributed by atoms with Gasteiger partial charge in [-0.15, -0.1) is 0 Å².